The molecule has 0 heterocycles. The number of hydrogen-bond donors (Lipinski definition) is 2. The predicted molar refractivity (Wildman–Crippen MR) is 316 cm³/mol. The van der Waals surface area contributed by atoms with Gasteiger partial charge >= 0.3 is 25.7 Å². The number of unbranched alkanes of at least 4 members (excludes halogenated alkanes) is 28. The molecular formula is C64H113O11P. The molecule has 0 aliphatic carbocycles. The summed E-state index contributed by atoms with van der Waals surface area (Å²) in [6, 6.07) is 0. The molecule has 0 aromatic heterocycles. The van der Waals surface area contributed by atoms with Crippen molar-refractivity contribution in [2.24, 2.45) is 0 Å². The Labute approximate surface area is 465 Å². The number of phosphoric ester groups is 1. The molecule has 440 valence electrons. The van der Waals surface area contributed by atoms with Crippen LogP contribution < -0.4 is 0 Å². The lowest BCUT2D eigenvalue weighted by atomic mass is 10.0. The summed E-state index contributed by atoms with van der Waals surface area (Å²) in [6.07, 6.45) is 65.7. The summed E-state index contributed by atoms with van der Waals surface area (Å²) < 4.78 is 39.6. The number of phosphoric acid groups is 1. The third-order valence-electron chi connectivity index (χ3n) is 13.1. The van der Waals surface area contributed by atoms with E-state index in [4.69, 9.17) is 23.3 Å². The second-order valence-corrected chi connectivity index (χ2v) is 21.9. The van der Waals surface area contributed by atoms with Crippen molar-refractivity contribution in [3.05, 3.63) is 72.9 Å². The van der Waals surface area contributed by atoms with Gasteiger partial charge in [-0.25, -0.2) is 4.57 Å². The van der Waals surface area contributed by atoms with Gasteiger partial charge in [0.05, 0.1) is 19.8 Å². The second kappa shape index (κ2) is 58.1. The number of rotatable bonds is 57. The summed E-state index contributed by atoms with van der Waals surface area (Å²) in [4.78, 5) is 48.6. The molecule has 0 aliphatic heterocycles. The van der Waals surface area contributed by atoms with Gasteiger partial charge < -0.3 is 24.2 Å². The number of carbonyl (C=O) groups excluding carboxylic acids is 3. The Kier molecular flexibility index (Phi) is 55.7. The molecule has 0 aliphatic rings. The van der Waals surface area contributed by atoms with Crippen LogP contribution in [0.15, 0.2) is 72.9 Å². The van der Waals surface area contributed by atoms with E-state index in [-0.39, 0.29) is 25.9 Å². The van der Waals surface area contributed by atoms with E-state index in [2.05, 4.69) is 93.7 Å². The molecule has 0 rings (SSSR count). The van der Waals surface area contributed by atoms with Crippen LogP contribution in [-0.2, 0) is 42.2 Å². The Morgan fingerprint density at radius 1 is 0.382 bits per heavy atom. The van der Waals surface area contributed by atoms with Gasteiger partial charge in [0.25, 0.3) is 0 Å². The fourth-order valence-corrected chi connectivity index (χ4v) is 9.22. The van der Waals surface area contributed by atoms with Gasteiger partial charge in [0.1, 0.15) is 12.7 Å². The van der Waals surface area contributed by atoms with Crippen LogP contribution >= 0.6 is 7.82 Å². The van der Waals surface area contributed by atoms with Crippen molar-refractivity contribution in [2.45, 2.75) is 290 Å². The van der Waals surface area contributed by atoms with E-state index >= 15 is 0 Å². The first-order valence-corrected chi connectivity index (χ1v) is 32.3. The van der Waals surface area contributed by atoms with Crippen molar-refractivity contribution in [3.8, 4) is 0 Å². The zero-order valence-corrected chi connectivity index (χ0v) is 49.6. The molecular weight excluding hydrogens is 976 g/mol. The Balaban J connectivity index is 4.73. The summed E-state index contributed by atoms with van der Waals surface area (Å²) in [6.45, 7) is 4.52. The zero-order chi connectivity index (χ0) is 55.5. The minimum absolute atomic E-state index is 0.128. The van der Waals surface area contributed by atoms with E-state index in [1.54, 1.807) is 0 Å². The van der Waals surface area contributed by atoms with Crippen molar-refractivity contribution in [1.82, 2.24) is 0 Å². The van der Waals surface area contributed by atoms with Gasteiger partial charge in [0.15, 0.2) is 6.10 Å². The number of esters is 3. The normalized spacial score (nSPS) is 13.8. The molecule has 0 amide bonds. The van der Waals surface area contributed by atoms with Gasteiger partial charge in [-0.15, -0.1) is 0 Å². The number of allylic oxidation sites excluding steroid dienone is 12. The predicted octanol–water partition coefficient (Wildman–Crippen LogP) is 18.5. The molecule has 0 saturated carbocycles. The topological polar surface area (TPSA) is 155 Å². The maximum atomic E-state index is 12.9. The molecule has 76 heavy (non-hydrogen) atoms. The number of hydrogen-bond acceptors (Lipinski definition) is 10. The number of aliphatic hydroxyl groups excluding tert-OH is 1. The highest BCUT2D eigenvalue weighted by Crippen LogP contribution is 2.43. The molecule has 3 atom stereocenters. The SMILES string of the molecule is CC/C=C\C/C=C\C/C=C\C/C=C\C/C=C\CCCCCC(=O)OC(COC(=O)CCCCCCCCCCCCCCC)COP(=O)(O)OCC(CO)OC(=O)CCCCCCCCC/C=C\CCCCCCCC. The number of aliphatic hydroxyl groups is 1. The first kappa shape index (κ1) is 72.9. The third-order valence-corrected chi connectivity index (χ3v) is 14.1. The lowest BCUT2D eigenvalue weighted by Gasteiger charge is -2.21. The molecule has 0 spiro atoms. The van der Waals surface area contributed by atoms with Gasteiger partial charge in [-0.2, -0.15) is 0 Å². The maximum absolute atomic E-state index is 12.9. The first-order chi connectivity index (χ1) is 37.2. The van der Waals surface area contributed by atoms with Crippen LogP contribution in [0.2, 0.25) is 0 Å². The Morgan fingerprint density at radius 2 is 0.684 bits per heavy atom. The fourth-order valence-electron chi connectivity index (χ4n) is 8.44. The van der Waals surface area contributed by atoms with Crippen LogP contribution in [0.25, 0.3) is 0 Å². The molecule has 0 aromatic carbocycles. The van der Waals surface area contributed by atoms with Crippen molar-refractivity contribution >= 4 is 25.7 Å². The van der Waals surface area contributed by atoms with E-state index in [0.717, 1.165) is 96.3 Å². The summed E-state index contributed by atoms with van der Waals surface area (Å²) in [7, 11) is -4.76. The molecule has 12 heteroatoms. The standard InChI is InChI=1S/C64H113O11P/c1-4-7-10-13-16-19-22-25-27-29-30-32-34-37-40-43-46-49-52-55-64(68)75-61(57-71-62(66)53-50-47-44-41-38-35-24-21-18-15-12-9-6-3)59-73-76(69,70)72-58-60(56-65)74-63(67)54-51-48-45-42-39-36-33-31-28-26-23-20-17-14-11-8-5-2/h7,10,16,19,25-28,30,32,37,40,60-61,65H,4-6,8-9,11-15,17-18,20-24,29,31,33-36,38-39,41-59H2,1-3H3,(H,69,70)/b10-7-,19-16-,27-25-,28-26-,32-30-,40-37-. The van der Waals surface area contributed by atoms with Crippen molar-refractivity contribution in [1.29, 1.82) is 0 Å². The zero-order valence-electron chi connectivity index (χ0n) is 48.7. The highest BCUT2D eigenvalue weighted by Gasteiger charge is 2.28. The van der Waals surface area contributed by atoms with Crippen molar-refractivity contribution in [2.75, 3.05) is 26.4 Å². The maximum Gasteiger partial charge on any atom is 0.472 e. The van der Waals surface area contributed by atoms with E-state index in [1.807, 2.05) is 0 Å². The molecule has 0 aromatic rings. The number of ether oxygens (including phenoxy) is 3. The first-order valence-electron chi connectivity index (χ1n) is 30.8. The molecule has 0 saturated heterocycles. The fraction of sp³-hybridized carbons (Fsp3) is 0.766. The number of carbonyl (C=O) groups is 3. The molecule has 0 bridgehead atoms. The average molecular weight is 1090 g/mol. The van der Waals surface area contributed by atoms with E-state index < -0.39 is 57.8 Å². The molecule has 2 N–H and O–H groups in total. The van der Waals surface area contributed by atoms with Crippen LogP contribution in [0.1, 0.15) is 278 Å². The van der Waals surface area contributed by atoms with Crippen LogP contribution in [0.5, 0.6) is 0 Å². The van der Waals surface area contributed by atoms with Crippen molar-refractivity contribution in [3.63, 3.8) is 0 Å². The van der Waals surface area contributed by atoms with Crippen molar-refractivity contribution < 1.29 is 52.2 Å². The highest BCUT2D eigenvalue weighted by molar-refractivity contribution is 7.47. The summed E-state index contributed by atoms with van der Waals surface area (Å²) in [5.74, 6) is -1.50. The molecule has 11 nitrogen and oxygen atoms in total. The summed E-state index contributed by atoms with van der Waals surface area (Å²) in [5.41, 5.74) is 0. The second-order valence-electron chi connectivity index (χ2n) is 20.5. The smallest absolute Gasteiger partial charge is 0.462 e. The average Bonchev–Trinajstić information content (AvgIpc) is 3.41. The summed E-state index contributed by atoms with van der Waals surface area (Å²) in [5, 5.41) is 9.84. The molecule has 0 fully saturated rings. The monoisotopic (exact) mass is 1090 g/mol. The minimum atomic E-state index is -4.76. The van der Waals surface area contributed by atoms with Crippen LogP contribution in [-0.4, -0.2) is 66.5 Å². The minimum Gasteiger partial charge on any atom is -0.462 e. The van der Waals surface area contributed by atoms with Gasteiger partial charge in [-0.1, -0.05) is 241 Å². The molecule has 0 radical (unpaired) electrons. The van der Waals surface area contributed by atoms with Gasteiger partial charge in [0.2, 0.25) is 0 Å². The van der Waals surface area contributed by atoms with E-state index in [9.17, 15) is 28.9 Å². The van der Waals surface area contributed by atoms with Gasteiger partial charge in [-0.3, -0.25) is 23.4 Å². The lowest BCUT2D eigenvalue weighted by molar-refractivity contribution is -0.161. The van der Waals surface area contributed by atoms with Gasteiger partial charge in [0, 0.05) is 19.3 Å². The van der Waals surface area contributed by atoms with E-state index in [1.165, 1.54) is 122 Å². The van der Waals surface area contributed by atoms with Crippen LogP contribution in [0, 0.1) is 0 Å². The Morgan fingerprint density at radius 3 is 1.08 bits per heavy atom. The quantitative estimate of drug-likeness (QED) is 0.0197. The largest absolute Gasteiger partial charge is 0.472 e. The third kappa shape index (κ3) is 55.7. The Hall–Kier alpha value is -3.08. The van der Waals surface area contributed by atoms with Crippen LogP contribution in [0.3, 0.4) is 0 Å². The lowest BCUT2D eigenvalue weighted by Crippen LogP contribution is -2.30. The summed E-state index contributed by atoms with van der Waals surface area (Å²) >= 11 is 0. The molecule has 3 unspecified atom stereocenters. The van der Waals surface area contributed by atoms with Crippen LogP contribution in [0.4, 0.5) is 0 Å². The van der Waals surface area contributed by atoms with Gasteiger partial charge in [-0.05, 0) is 89.9 Å². The van der Waals surface area contributed by atoms with E-state index in [0.29, 0.717) is 19.3 Å². The highest BCUT2D eigenvalue weighted by atomic mass is 31.2. The Bertz CT molecular complexity index is 1550.